The second-order valence-electron chi connectivity index (χ2n) is 3.93. The van der Waals surface area contributed by atoms with Gasteiger partial charge in [-0.05, 0) is 20.3 Å². The van der Waals surface area contributed by atoms with Crippen LogP contribution in [-0.2, 0) is 0 Å². The smallest absolute Gasteiger partial charge is 0.226 e. The summed E-state index contributed by atoms with van der Waals surface area (Å²) in [6.07, 6.45) is 1.37. The molecular formula is C12H21N3O2. The van der Waals surface area contributed by atoms with Gasteiger partial charge in [0.15, 0.2) is 0 Å². The summed E-state index contributed by atoms with van der Waals surface area (Å²) in [6.45, 7) is 6.88. The van der Waals surface area contributed by atoms with E-state index in [1.807, 2.05) is 20.8 Å². The van der Waals surface area contributed by atoms with E-state index < -0.39 is 0 Å². The van der Waals surface area contributed by atoms with Crippen molar-refractivity contribution in [2.45, 2.75) is 39.7 Å². The van der Waals surface area contributed by atoms with E-state index in [0.29, 0.717) is 25.0 Å². The van der Waals surface area contributed by atoms with Crippen LogP contribution in [0.4, 0.5) is 5.95 Å². The SMILES string of the molecule is CCCC(O)CNc1nc(C)cc(OCC)n1. The maximum Gasteiger partial charge on any atom is 0.226 e. The van der Waals surface area contributed by atoms with Crippen molar-refractivity contribution in [1.29, 1.82) is 0 Å². The van der Waals surface area contributed by atoms with E-state index in [0.717, 1.165) is 18.5 Å². The Kier molecular flexibility index (Phi) is 5.69. The van der Waals surface area contributed by atoms with Gasteiger partial charge in [0.05, 0.1) is 12.7 Å². The van der Waals surface area contributed by atoms with Crippen molar-refractivity contribution in [1.82, 2.24) is 9.97 Å². The lowest BCUT2D eigenvalue weighted by atomic mass is 10.2. The third kappa shape index (κ3) is 4.99. The number of ether oxygens (including phenoxy) is 1. The molecule has 1 unspecified atom stereocenters. The lowest BCUT2D eigenvalue weighted by Gasteiger charge is -2.11. The fourth-order valence-corrected chi connectivity index (χ4v) is 1.48. The largest absolute Gasteiger partial charge is 0.478 e. The summed E-state index contributed by atoms with van der Waals surface area (Å²) in [5, 5.41) is 12.6. The van der Waals surface area contributed by atoms with E-state index in [1.54, 1.807) is 6.07 Å². The molecule has 1 aromatic heterocycles. The Hall–Kier alpha value is -1.36. The fourth-order valence-electron chi connectivity index (χ4n) is 1.48. The molecule has 1 aromatic rings. The maximum absolute atomic E-state index is 9.60. The Morgan fingerprint density at radius 2 is 2.18 bits per heavy atom. The lowest BCUT2D eigenvalue weighted by Crippen LogP contribution is -2.20. The average molecular weight is 239 g/mol. The predicted octanol–water partition coefficient (Wildman–Crippen LogP) is 1.76. The maximum atomic E-state index is 9.60. The van der Waals surface area contributed by atoms with Crippen LogP contribution in [0.1, 0.15) is 32.4 Å². The van der Waals surface area contributed by atoms with Crippen LogP contribution in [0.5, 0.6) is 5.88 Å². The molecule has 0 spiro atoms. The molecule has 1 atom stereocenters. The summed E-state index contributed by atoms with van der Waals surface area (Å²) >= 11 is 0. The van der Waals surface area contributed by atoms with E-state index in [2.05, 4.69) is 15.3 Å². The van der Waals surface area contributed by atoms with E-state index in [9.17, 15) is 5.11 Å². The molecule has 0 fully saturated rings. The number of aliphatic hydroxyl groups is 1. The van der Waals surface area contributed by atoms with Crippen molar-refractivity contribution < 1.29 is 9.84 Å². The fraction of sp³-hybridized carbons (Fsp3) is 0.667. The summed E-state index contributed by atoms with van der Waals surface area (Å²) in [5.74, 6) is 1.07. The Morgan fingerprint density at radius 1 is 1.41 bits per heavy atom. The van der Waals surface area contributed by atoms with Crippen molar-refractivity contribution in [3.05, 3.63) is 11.8 Å². The summed E-state index contributed by atoms with van der Waals surface area (Å²) in [7, 11) is 0. The Balaban J connectivity index is 2.57. The molecule has 17 heavy (non-hydrogen) atoms. The zero-order valence-corrected chi connectivity index (χ0v) is 10.7. The summed E-state index contributed by atoms with van der Waals surface area (Å²) < 4.78 is 5.33. The van der Waals surface area contributed by atoms with Gasteiger partial charge in [0.1, 0.15) is 0 Å². The van der Waals surface area contributed by atoms with Gasteiger partial charge in [-0.3, -0.25) is 0 Å². The van der Waals surface area contributed by atoms with Gasteiger partial charge in [0, 0.05) is 18.3 Å². The molecule has 5 nitrogen and oxygen atoms in total. The number of rotatable bonds is 7. The molecule has 0 aliphatic heterocycles. The Labute approximate surface area is 102 Å². The molecule has 2 N–H and O–H groups in total. The number of hydrogen-bond acceptors (Lipinski definition) is 5. The lowest BCUT2D eigenvalue weighted by molar-refractivity contribution is 0.176. The van der Waals surface area contributed by atoms with Crippen LogP contribution >= 0.6 is 0 Å². The molecule has 0 saturated heterocycles. The van der Waals surface area contributed by atoms with Crippen molar-refractivity contribution in [2.24, 2.45) is 0 Å². The number of aromatic nitrogens is 2. The van der Waals surface area contributed by atoms with Crippen molar-refractivity contribution in [2.75, 3.05) is 18.5 Å². The van der Waals surface area contributed by atoms with E-state index >= 15 is 0 Å². The Morgan fingerprint density at radius 3 is 2.82 bits per heavy atom. The molecule has 0 amide bonds. The van der Waals surface area contributed by atoms with Gasteiger partial charge in [-0.2, -0.15) is 4.98 Å². The van der Waals surface area contributed by atoms with Crippen LogP contribution in [0.15, 0.2) is 6.07 Å². The Bertz CT molecular complexity index is 345. The highest BCUT2D eigenvalue weighted by Crippen LogP contribution is 2.12. The highest BCUT2D eigenvalue weighted by molar-refractivity contribution is 5.30. The normalized spacial score (nSPS) is 12.2. The third-order valence-corrected chi connectivity index (χ3v) is 2.24. The molecular weight excluding hydrogens is 218 g/mol. The number of aryl methyl sites for hydroxylation is 1. The summed E-state index contributed by atoms with van der Waals surface area (Å²) in [5.41, 5.74) is 0.843. The summed E-state index contributed by atoms with van der Waals surface area (Å²) in [6, 6.07) is 1.79. The number of anilines is 1. The van der Waals surface area contributed by atoms with Crippen molar-refractivity contribution in [3.8, 4) is 5.88 Å². The van der Waals surface area contributed by atoms with Crippen LogP contribution < -0.4 is 10.1 Å². The van der Waals surface area contributed by atoms with Gasteiger partial charge in [0.2, 0.25) is 11.8 Å². The second kappa shape index (κ2) is 7.06. The molecule has 0 aliphatic rings. The number of hydrogen-bond donors (Lipinski definition) is 2. The molecule has 0 bridgehead atoms. The standard InChI is InChI=1S/C12H21N3O2/c1-4-6-10(16)8-13-12-14-9(3)7-11(15-12)17-5-2/h7,10,16H,4-6,8H2,1-3H3,(H,13,14,15). The molecule has 5 heteroatoms. The first-order chi connectivity index (χ1) is 8.15. The number of aliphatic hydroxyl groups excluding tert-OH is 1. The molecule has 1 heterocycles. The van der Waals surface area contributed by atoms with Gasteiger partial charge in [-0.25, -0.2) is 4.98 Å². The monoisotopic (exact) mass is 239 g/mol. The second-order valence-corrected chi connectivity index (χ2v) is 3.93. The first kappa shape index (κ1) is 13.7. The molecule has 0 aliphatic carbocycles. The quantitative estimate of drug-likeness (QED) is 0.759. The van der Waals surface area contributed by atoms with Crippen LogP contribution in [0.2, 0.25) is 0 Å². The van der Waals surface area contributed by atoms with Crippen LogP contribution in [-0.4, -0.2) is 34.3 Å². The third-order valence-electron chi connectivity index (χ3n) is 2.24. The number of nitrogens with zero attached hydrogens (tertiary/aromatic N) is 2. The highest BCUT2D eigenvalue weighted by atomic mass is 16.5. The topological polar surface area (TPSA) is 67.3 Å². The first-order valence-corrected chi connectivity index (χ1v) is 6.06. The van der Waals surface area contributed by atoms with Gasteiger partial charge in [-0.15, -0.1) is 0 Å². The van der Waals surface area contributed by atoms with Crippen LogP contribution in [0.3, 0.4) is 0 Å². The minimum absolute atomic E-state index is 0.361. The average Bonchev–Trinajstić information content (AvgIpc) is 2.26. The molecule has 1 rings (SSSR count). The number of nitrogens with one attached hydrogen (secondary N) is 1. The minimum atomic E-state index is -0.361. The zero-order chi connectivity index (χ0) is 12.7. The van der Waals surface area contributed by atoms with Gasteiger partial charge < -0.3 is 15.2 Å². The van der Waals surface area contributed by atoms with Crippen molar-refractivity contribution >= 4 is 5.95 Å². The molecule has 0 radical (unpaired) electrons. The first-order valence-electron chi connectivity index (χ1n) is 6.06. The van der Waals surface area contributed by atoms with E-state index in [4.69, 9.17) is 4.74 Å². The molecule has 96 valence electrons. The summed E-state index contributed by atoms with van der Waals surface area (Å²) in [4.78, 5) is 8.43. The van der Waals surface area contributed by atoms with E-state index in [1.165, 1.54) is 0 Å². The molecule has 0 saturated carbocycles. The van der Waals surface area contributed by atoms with Crippen molar-refractivity contribution in [3.63, 3.8) is 0 Å². The van der Waals surface area contributed by atoms with Gasteiger partial charge in [-0.1, -0.05) is 13.3 Å². The minimum Gasteiger partial charge on any atom is -0.478 e. The predicted molar refractivity (Wildman–Crippen MR) is 67.3 cm³/mol. The highest BCUT2D eigenvalue weighted by Gasteiger charge is 2.06. The van der Waals surface area contributed by atoms with E-state index in [-0.39, 0.29) is 6.10 Å². The molecule has 0 aromatic carbocycles. The van der Waals surface area contributed by atoms with Gasteiger partial charge >= 0.3 is 0 Å². The zero-order valence-electron chi connectivity index (χ0n) is 10.7. The van der Waals surface area contributed by atoms with Crippen LogP contribution in [0, 0.1) is 6.92 Å². The van der Waals surface area contributed by atoms with Crippen LogP contribution in [0.25, 0.3) is 0 Å². The van der Waals surface area contributed by atoms with Gasteiger partial charge in [0.25, 0.3) is 0 Å².